The van der Waals surface area contributed by atoms with Crippen LogP contribution in [0.2, 0.25) is 0 Å². The molecular formula is C20H20N2O5S2. The zero-order valence-corrected chi connectivity index (χ0v) is 17.5. The molecule has 1 heterocycles. The first-order valence-electron chi connectivity index (χ1n) is 8.80. The quantitative estimate of drug-likeness (QED) is 0.433. The second-order valence-corrected chi connectivity index (χ2v) is 8.78. The van der Waals surface area contributed by atoms with E-state index in [9.17, 15) is 13.2 Å². The molecule has 0 bridgehead atoms. The minimum atomic E-state index is -3.71. The number of sulfonamides is 1. The summed E-state index contributed by atoms with van der Waals surface area (Å²) in [5, 5.41) is 0.705. The van der Waals surface area contributed by atoms with Gasteiger partial charge in [0.25, 0.3) is 0 Å². The number of thiazole rings is 1. The maximum absolute atomic E-state index is 12.3. The monoisotopic (exact) mass is 432 g/mol. The number of hydrogen-bond donors (Lipinski definition) is 1. The number of para-hydroxylation sites is 1. The Labute approximate surface area is 173 Å². The predicted molar refractivity (Wildman–Crippen MR) is 112 cm³/mol. The maximum atomic E-state index is 12.3. The smallest absolute Gasteiger partial charge is 0.331 e. The highest BCUT2D eigenvalue weighted by Gasteiger charge is 2.18. The fraction of sp³-hybridized carbons (Fsp3) is 0.200. The Bertz CT molecular complexity index is 1120. The Hall–Kier alpha value is -2.75. The van der Waals surface area contributed by atoms with Gasteiger partial charge in [0.05, 0.1) is 17.3 Å². The number of esters is 1. The lowest BCUT2D eigenvalue weighted by atomic mass is 10.2. The summed E-state index contributed by atoms with van der Waals surface area (Å²) in [4.78, 5) is 16.4. The van der Waals surface area contributed by atoms with Crippen molar-refractivity contribution in [1.29, 1.82) is 0 Å². The third-order valence-electron chi connectivity index (χ3n) is 3.90. The van der Waals surface area contributed by atoms with Crippen molar-refractivity contribution >= 4 is 43.6 Å². The third-order valence-corrected chi connectivity index (χ3v) is 6.48. The minimum absolute atomic E-state index is 0.00634. The first-order chi connectivity index (χ1) is 13.9. The van der Waals surface area contributed by atoms with E-state index in [1.165, 1.54) is 42.7 Å². The Morgan fingerprint density at radius 1 is 1.24 bits per heavy atom. The second-order valence-electron chi connectivity index (χ2n) is 5.93. The molecule has 0 atom stereocenters. The molecule has 1 N–H and O–H groups in total. The van der Waals surface area contributed by atoms with Crippen LogP contribution in [0.5, 0.6) is 5.75 Å². The zero-order chi connectivity index (χ0) is 20.9. The number of hydrogen-bond acceptors (Lipinski definition) is 7. The van der Waals surface area contributed by atoms with Crippen molar-refractivity contribution in [2.24, 2.45) is 0 Å². The van der Waals surface area contributed by atoms with Crippen LogP contribution >= 0.6 is 11.3 Å². The van der Waals surface area contributed by atoms with Crippen LogP contribution in [0.25, 0.3) is 16.3 Å². The lowest BCUT2D eigenvalue weighted by Gasteiger charge is -2.10. The Morgan fingerprint density at radius 2 is 2.03 bits per heavy atom. The molecule has 0 aliphatic rings. The molecule has 152 valence electrons. The van der Waals surface area contributed by atoms with Crippen LogP contribution in [0, 0.1) is 0 Å². The van der Waals surface area contributed by atoms with Gasteiger partial charge in [0.1, 0.15) is 22.3 Å². The highest BCUT2D eigenvalue weighted by molar-refractivity contribution is 7.89. The summed E-state index contributed by atoms with van der Waals surface area (Å²) in [6.45, 7) is 2.02. The molecular weight excluding hydrogens is 412 g/mol. The van der Waals surface area contributed by atoms with E-state index in [1.807, 2.05) is 24.3 Å². The summed E-state index contributed by atoms with van der Waals surface area (Å²) in [5.74, 6) is -0.322. The van der Waals surface area contributed by atoms with Gasteiger partial charge in [0.2, 0.25) is 10.0 Å². The number of nitrogens with zero attached hydrogens (tertiary/aromatic N) is 1. The number of fused-ring (bicyclic) bond motifs is 1. The fourth-order valence-corrected chi connectivity index (χ4v) is 4.73. The number of nitrogens with one attached hydrogen (secondary N) is 1. The van der Waals surface area contributed by atoms with Gasteiger partial charge >= 0.3 is 5.97 Å². The van der Waals surface area contributed by atoms with Crippen molar-refractivity contribution in [2.45, 2.75) is 18.4 Å². The maximum Gasteiger partial charge on any atom is 0.331 e. The van der Waals surface area contributed by atoms with Gasteiger partial charge in [0, 0.05) is 12.6 Å². The number of benzene rings is 2. The summed E-state index contributed by atoms with van der Waals surface area (Å²) < 4.78 is 38.5. The van der Waals surface area contributed by atoms with E-state index in [0.717, 1.165) is 10.2 Å². The van der Waals surface area contributed by atoms with Crippen LogP contribution in [-0.4, -0.2) is 33.0 Å². The fourth-order valence-electron chi connectivity index (χ4n) is 2.60. The van der Waals surface area contributed by atoms with E-state index >= 15 is 0 Å². The van der Waals surface area contributed by atoms with Gasteiger partial charge < -0.3 is 9.47 Å². The lowest BCUT2D eigenvalue weighted by molar-refractivity contribution is -0.138. The second kappa shape index (κ2) is 9.17. The van der Waals surface area contributed by atoms with Gasteiger partial charge in [-0.05, 0) is 35.9 Å². The van der Waals surface area contributed by atoms with Crippen LogP contribution in [0.15, 0.2) is 53.4 Å². The Morgan fingerprint density at radius 3 is 2.76 bits per heavy atom. The minimum Gasteiger partial charge on any atom is -0.495 e. The topological polar surface area (TPSA) is 94.6 Å². The van der Waals surface area contributed by atoms with Crippen molar-refractivity contribution < 1.29 is 22.7 Å². The van der Waals surface area contributed by atoms with E-state index in [1.54, 1.807) is 13.0 Å². The van der Waals surface area contributed by atoms with E-state index in [-0.39, 0.29) is 23.8 Å². The van der Waals surface area contributed by atoms with Crippen LogP contribution in [0.1, 0.15) is 17.5 Å². The van der Waals surface area contributed by atoms with E-state index < -0.39 is 16.0 Å². The molecule has 9 heteroatoms. The van der Waals surface area contributed by atoms with Crippen LogP contribution in [-0.2, 0) is 26.2 Å². The van der Waals surface area contributed by atoms with Gasteiger partial charge in [-0.1, -0.05) is 25.1 Å². The Kier molecular flexibility index (Phi) is 6.63. The summed E-state index contributed by atoms with van der Waals surface area (Å²) >= 11 is 1.47. The molecule has 3 rings (SSSR count). The van der Waals surface area contributed by atoms with Gasteiger partial charge in [-0.3, -0.25) is 0 Å². The average molecular weight is 433 g/mol. The molecule has 0 amide bonds. The molecule has 0 aliphatic heterocycles. The molecule has 2 aromatic carbocycles. The van der Waals surface area contributed by atoms with Crippen LogP contribution < -0.4 is 9.46 Å². The summed E-state index contributed by atoms with van der Waals surface area (Å²) in [7, 11) is -2.31. The Balaban J connectivity index is 1.69. The van der Waals surface area contributed by atoms with E-state index in [2.05, 4.69) is 9.71 Å². The van der Waals surface area contributed by atoms with Gasteiger partial charge in [-0.25, -0.2) is 22.9 Å². The summed E-state index contributed by atoms with van der Waals surface area (Å²) in [6, 6.07) is 12.3. The molecule has 0 aliphatic carbocycles. The first-order valence-corrected chi connectivity index (χ1v) is 11.1. The highest BCUT2D eigenvalue weighted by Crippen LogP contribution is 2.25. The number of ether oxygens (including phenoxy) is 2. The van der Waals surface area contributed by atoms with Gasteiger partial charge in [-0.2, -0.15) is 0 Å². The number of carbonyl (C=O) groups is 1. The molecule has 29 heavy (non-hydrogen) atoms. The normalized spacial score (nSPS) is 11.8. The molecule has 1 aromatic heterocycles. The lowest BCUT2D eigenvalue weighted by Crippen LogP contribution is -2.23. The molecule has 3 aromatic rings. The average Bonchev–Trinajstić information content (AvgIpc) is 3.13. The number of rotatable bonds is 8. The van der Waals surface area contributed by atoms with Crippen molar-refractivity contribution in [2.75, 3.05) is 13.7 Å². The van der Waals surface area contributed by atoms with Crippen molar-refractivity contribution in [3.05, 3.63) is 59.1 Å². The standard InChI is InChI=1S/C20H20N2O5S2/c1-3-21-29(24,25)18-12-14(8-10-16(18)26-2)9-11-20(23)27-13-19-22-15-6-4-5-7-17(15)28-19/h4-12,21H,3,13H2,1-2H3. The molecule has 0 fully saturated rings. The third kappa shape index (κ3) is 5.20. The number of methoxy groups -OCH3 is 1. The van der Waals surface area contributed by atoms with Gasteiger partial charge in [0.15, 0.2) is 0 Å². The van der Waals surface area contributed by atoms with E-state index in [4.69, 9.17) is 9.47 Å². The van der Waals surface area contributed by atoms with Crippen molar-refractivity contribution in [3.63, 3.8) is 0 Å². The molecule has 0 saturated carbocycles. The molecule has 0 unspecified atom stereocenters. The first kappa shape index (κ1) is 21.0. The molecule has 7 nitrogen and oxygen atoms in total. The largest absolute Gasteiger partial charge is 0.495 e. The molecule has 0 saturated heterocycles. The van der Waals surface area contributed by atoms with Crippen molar-refractivity contribution in [3.8, 4) is 5.75 Å². The molecule has 0 spiro atoms. The van der Waals surface area contributed by atoms with Crippen LogP contribution in [0.3, 0.4) is 0 Å². The van der Waals surface area contributed by atoms with E-state index in [0.29, 0.717) is 10.6 Å². The van der Waals surface area contributed by atoms with Gasteiger partial charge in [-0.15, -0.1) is 11.3 Å². The van der Waals surface area contributed by atoms with Crippen LogP contribution in [0.4, 0.5) is 0 Å². The summed E-state index contributed by atoms with van der Waals surface area (Å²) in [6.07, 6.45) is 2.74. The number of aromatic nitrogens is 1. The highest BCUT2D eigenvalue weighted by atomic mass is 32.2. The number of carbonyl (C=O) groups excluding carboxylic acids is 1. The molecule has 0 radical (unpaired) electrons. The zero-order valence-electron chi connectivity index (χ0n) is 15.9. The predicted octanol–water partition coefficient (Wildman–Crippen LogP) is 3.36. The van der Waals surface area contributed by atoms with Crippen molar-refractivity contribution in [1.82, 2.24) is 9.71 Å². The SMILES string of the molecule is CCNS(=O)(=O)c1cc(C=CC(=O)OCc2nc3ccccc3s2)ccc1OC. The summed E-state index contributed by atoms with van der Waals surface area (Å²) in [5.41, 5.74) is 1.39.